The Morgan fingerprint density at radius 1 is 1.15 bits per heavy atom. The van der Waals surface area contributed by atoms with Gasteiger partial charge in [-0.15, -0.1) is 0 Å². The van der Waals surface area contributed by atoms with Gasteiger partial charge < -0.3 is 9.26 Å². The molecule has 0 aliphatic rings. The second kappa shape index (κ2) is 7.89. The minimum Gasteiger partial charge on any atom is -0.497 e. The third kappa shape index (κ3) is 4.35. The molecule has 7 nitrogen and oxygen atoms in total. The van der Waals surface area contributed by atoms with E-state index in [0.29, 0.717) is 23.9 Å². The van der Waals surface area contributed by atoms with E-state index in [9.17, 15) is 8.42 Å². The fourth-order valence-corrected chi connectivity index (χ4v) is 3.73. The summed E-state index contributed by atoms with van der Waals surface area (Å²) in [6.45, 7) is 2.22. The number of hydrogen-bond donors (Lipinski definition) is 0. The Bertz CT molecular complexity index is 1010. The van der Waals surface area contributed by atoms with Gasteiger partial charge in [0.1, 0.15) is 5.75 Å². The van der Waals surface area contributed by atoms with Crippen molar-refractivity contribution in [2.45, 2.75) is 18.2 Å². The molecule has 0 unspecified atom stereocenters. The molecule has 27 heavy (non-hydrogen) atoms. The molecule has 0 bridgehead atoms. The Labute approximate surface area is 158 Å². The molecule has 0 radical (unpaired) electrons. The zero-order chi connectivity index (χ0) is 19.4. The lowest BCUT2D eigenvalue weighted by Crippen LogP contribution is -2.29. The van der Waals surface area contributed by atoms with Crippen molar-refractivity contribution in [1.29, 1.82) is 0 Å². The predicted octanol–water partition coefficient (Wildman–Crippen LogP) is 2.92. The number of rotatable bonds is 7. The second-order valence-electron chi connectivity index (χ2n) is 6.14. The van der Waals surface area contributed by atoms with Gasteiger partial charge in [-0.2, -0.15) is 4.98 Å². The van der Waals surface area contributed by atoms with E-state index in [-0.39, 0.29) is 11.4 Å². The molecule has 0 atom stereocenters. The van der Waals surface area contributed by atoms with Gasteiger partial charge in [0.15, 0.2) is 5.82 Å². The number of hydrogen-bond acceptors (Lipinski definition) is 6. The third-order valence-electron chi connectivity index (χ3n) is 4.15. The fraction of sp³-hybridized carbons (Fsp3) is 0.263. The van der Waals surface area contributed by atoms with E-state index in [2.05, 4.69) is 10.1 Å². The van der Waals surface area contributed by atoms with Gasteiger partial charge in [-0.1, -0.05) is 22.9 Å². The zero-order valence-electron chi connectivity index (χ0n) is 15.4. The van der Waals surface area contributed by atoms with Gasteiger partial charge in [0.05, 0.1) is 12.0 Å². The Kier molecular flexibility index (Phi) is 5.57. The van der Waals surface area contributed by atoms with Crippen LogP contribution in [0.1, 0.15) is 11.4 Å². The summed E-state index contributed by atoms with van der Waals surface area (Å²) in [6.07, 6.45) is 0.348. The van der Waals surface area contributed by atoms with Crippen LogP contribution in [0.3, 0.4) is 0 Å². The summed E-state index contributed by atoms with van der Waals surface area (Å²) in [5, 5.41) is 3.95. The van der Waals surface area contributed by atoms with E-state index in [4.69, 9.17) is 9.26 Å². The quantitative estimate of drug-likeness (QED) is 0.620. The molecule has 0 amide bonds. The zero-order valence-corrected chi connectivity index (χ0v) is 16.2. The minimum absolute atomic E-state index is 0.208. The molecule has 3 rings (SSSR count). The van der Waals surface area contributed by atoms with Crippen LogP contribution in [0.4, 0.5) is 0 Å². The van der Waals surface area contributed by atoms with Gasteiger partial charge in [-0.25, -0.2) is 12.7 Å². The summed E-state index contributed by atoms with van der Waals surface area (Å²) >= 11 is 0. The summed E-state index contributed by atoms with van der Waals surface area (Å²) < 4.78 is 36.9. The highest BCUT2D eigenvalue weighted by molar-refractivity contribution is 7.89. The molecule has 0 spiro atoms. The van der Waals surface area contributed by atoms with Gasteiger partial charge in [0.2, 0.25) is 10.0 Å². The minimum atomic E-state index is -3.59. The predicted molar refractivity (Wildman–Crippen MR) is 101 cm³/mol. The van der Waals surface area contributed by atoms with Crippen LogP contribution in [0.2, 0.25) is 0 Å². The van der Waals surface area contributed by atoms with E-state index >= 15 is 0 Å². The largest absolute Gasteiger partial charge is 0.497 e. The van der Waals surface area contributed by atoms with Crippen molar-refractivity contribution in [3.63, 3.8) is 0 Å². The molecule has 0 saturated carbocycles. The molecule has 0 N–H and O–H groups in total. The Morgan fingerprint density at radius 2 is 1.89 bits per heavy atom. The number of sulfonamides is 1. The number of aryl methyl sites for hydroxylation is 1. The molecule has 1 heterocycles. The second-order valence-corrected chi connectivity index (χ2v) is 8.18. The van der Waals surface area contributed by atoms with E-state index < -0.39 is 10.0 Å². The van der Waals surface area contributed by atoms with E-state index in [0.717, 1.165) is 11.1 Å². The Balaban J connectivity index is 1.67. The maximum absolute atomic E-state index is 12.6. The molecular weight excluding hydrogens is 366 g/mol. The summed E-state index contributed by atoms with van der Waals surface area (Å²) in [6, 6.07) is 14.0. The van der Waals surface area contributed by atoms with Crippen molar-refractivity contribution in [3.05, 3.63) is 59.9 Å². The number of likely N-dealkylation sites (N-methyl/N-ethyl adjacent to an activating group) is 1. The topological polar surface area (TPSA) is 85.5 Å². The Hall–Kier alpha value is -2.71. The molecule has 1 aromatic heterocycles. The molecule has 8 heteroatoms. The van der Waals surface area contributed by atoms with Crippen LogP contribution in [-0.2, 0) is 16.4 Å². The van der Waals surface area contributed by atoms with Gasteiger partial charge in [-0.05, 0) is 43.3 Å². The number of nitrogens with zero attached hydrogens (tertiary/aromatic N) is 3. The van der Waals surface area contributed by atoms with Crippen LogP contribution in [-0.4, -0.2) is 43.6 Å². The average Bonchev–Trinajstić information content (AvgIpc) is 3.15. The smallest absolute Gasteiger partial charge is 0.257 e. The normalized spacial score (nSPS) is 11.7. The molecule has 3 aromatic rings. The van der Waals surface area contributed by atoms with Crippen molar-refractivity contribution in [3.8, 4) is 17.2 Å². The van der Waals surface area contributed by atoms with E-state index in [1.54, 1.807) is 12.1 Å². The van der Waals surface area contributed by atoms with Gasteiger partial charge in [0.25, 0.3) is 5.89 Å². The van der Waals surface area contributed by atoms with Crippen LogP contribution in [0, 0.1) is 6.92 Å². The van der Waals surface area contributed by atoms with E-state index in [1.165, 1.54) is 30.6 Å². The Morgan fingerprint density at radius 3 is 2.56 bits per heavy atom. The van der Waals surface area contributed by atoms with Crippen LogP contribution < -0.4 is 4.74 Å². The molecule has 0 fully saturated rings. The maximum Gasteiger partial charge on any atom is 0.257 e. The van der Waals surface area contributed by atoms with Crippen molar-refractivity contribution in [2.24, 2.45) is 0 Å². The van der Waals surface area contributed by atoms with Crippen molar-refractivity contribution >= 4 is 10.0 Å². The van der Waals surface area contributed by atoms with Gasteiger partial charge >= 0.3 is 0 Å². The third-order valence-corrected chi connectivity index (χ3v) is 6.02. The van der Waals surface area contributed by atoms with Gasteiger partial charge in [-0.3, -0.25) is 0 Å². The van der Waals surface area contributed by atoms with E-state index in [1.807, 2.05) is 31.2 Å². The highest BCUT2D eigenvalue weighted by Crippen LogP contribution is 2.20. The lowest BCUT2D eigenvalue weighted by molar-refractivity contribution is 0.413. The first-order chi connectivity index (χ1) is 12.9. The van der Waals surface area contributed by atoms with Crippen molar-refractivity contribution in [1.82, 2.24) is 14.4 Å². The molecular formula is C19H21N3O4S. The van der Waals surface area contributed by atoms with Crippen LogP contribution in [0.5, 0.6) is 5.75 Å². The molecule has 0 aliphatic heterocycles. The summed E-state index contributed by atoms with van der Waals surface area (Å²) in [5.74, 6) is 1.49. The van der Waals surface area contributed by atoms with Crippen molar-refractivity contribution in [2.75, 3.05) is 20.7 Å². The first kappa shape index (κ1) is 19.1. The summed E-state index contributed by atoms with van der Waals surface area (Å²) in [4.78, 5) is 4.56. The number of methoxy groups -OCH3 is 1. The van der Waals surface area contributed by atoms with Crippen molar-refractivity contribution < 1.29 is 17.7 Å². The van der Waals surface area contributed by atoms with Crippen LogP contribution >= 0.6 is 0 Å². The molecule has 2 aromatic carbocycles. The number of aromatic nitrogens is 2. The fourth-order valence-electron chi connectivity index (χ4n) is 2.56. The first-order valence-corrected chi connectivity index (χ1v) is 9.84. The average molecular weight is 387 g/mol. The molecule has 0 saturated heterocycles. The van der Waals surface area contributed by atoms with Crippen LogP contribution in [0.15, 0.2) is 57.9 Å². The standard InChI is InChI=1S/C19H21N3O4S/c1-14-5-4-6-15(13-14)19-20-18(21-26-19)11-12-22(2)27(23,24)17-9-7-16(25-3)8-10-17/h4-10,13H,11-12H2,1-3H3. The number of ether oxygens (including phenoxy) is 1. The summed E-state index contributed by atoms with van der Waals surface area (Å²) in [5.41, 5.74) is 1.94. The SMILES string of the molecule is COc1ccc(S(=O)(=O)N(C)CCc2noc(-c3cccc(C)c3)n2)cc1. The number of benzene rings is 2. The highest BCUT2D eigenvalue weighted by Gasteiger charge is 2.21. The maximum atomic E-state index is 12.6. The molecule has 142 valence electrons. The lowest BCUT2D eigenvalue weighted by Gasteiger charge is -2.16. The van der Waals surface area contributed by atoms with Gasteiger partial charge in [0, 0.05) is 25.6 Å². The monoisotopic (exact) mass is 387 g/mol. The lowest BCUT2D eigenvalue weighted by atomic mass is 10.1. The summed E-state index contributed by atoms with van der Waals surface area (Å²) in [7, 11) is -0.531. The van der Waals surface area contributed by atoms with Crippen LogP contribution in [0.25, 0.3) is 11.5 Å². The molecule has 0 aliphatic carbocycles. The first-order valence-electron chi connectivity index (χ1n) is 8.40. The highest BCUT2D eigenvalue weighted by atomic mass is 32.2.